The van der Waals surface area contributed by atoms with Crippen LogP contribution < -0.4 is 26.2 Å². The fraction of sp³-hybridized carbons (Fsp3) is 0.0482. The normalized spacial score (nSPS) is 12.4. The summed E-state index contributed by atoms with van der Waals surface area (Å²) in [5, 5.41) is 2.34. The minimum absolute atomic E-state index is 0.00243. The molecule has 434 valence electrons. The smallest absolute Gasteiger partial charge is 0.252 e. The molecule has 8 nitrogen and oxygen atoms in total. The molecule has 0 atom stereocenters. The molecule has 3 aromatic heterocycles. The summed E-state index contributed by atoms with van der Waals surface area (Å²) >= 11 is 0. The molecule has 17 rings (SSSR count). The standard InChI is InChI=1S/C83H59BN8/c1-83(2,3)61-45-47-72-65(52-61)64-38-19-22-41-71(64)92(72)73-46-44-59(81-88-79(55-28-11-5-12-29-55)87-80(89-81)56-30-13-6-14-31-56)49-66(73)82-85-69(54-26-9-4-10-27-54)53-70(86-82)58-33-25-32-57(48-58)60-50-76-78-77(51-60)91(63-36-17-8-18-37-63)75-43-24-21-40-68(75)84(78)67-39-20-23-42-74(67)90(76)62-34-15-7-16-35-62/h4-53H,1-3H3. The number of nitrogens with zero attached hydrogens (tertiary/aromatic N) is 8. The topological polar surface area (TPSA) is 75.9 Å². The highest BCUT2D eigenvalue weighted by Crippen LogP contribution is 2.47. The van der Waals surface area contributed by atoms with E-state index >= 15 is 0 Å². The van der Waals surface area contributed by atoms with Crippen LogP contribution in [0.5, 0.6) is 0 Å². The zero-order valence-electron chi connectivity index (χ0n) is 51.0. The van der Waals surface area contributed by atoms with Gasteiger partial charge in [0.05, 0.1) is 28.1 Å². The largest absolute Gasteiger partial charge is 0.311 e. The van der Waals surface area contributed by atoms with Crippen LogP contribution >= 0.6 is 0 Å². The van der Waals surface area contributed by atoms with E-state index in [4.69, 9.17) is 24.9 Å². The summed E-state index contributed by atoms with van der Waals surface area (Å²) in [7, 11) is 0. The van der Waals surface area contributed by atoms with Gasteiger partial charge in [0.1, 0.15) is 0 Å². The number of para-hydroxylation sites is 5. The van der Waals surface area contributed by atoms with E-state index in [1.807, 2.05) is 60.7 Å². The summed E-state index contributed by atoms with van der Waals surface area (Å²) in [5.74, 6) is 2.26. The Morgan fingerprint density at radius 3 is 1.36 bits per heavy atom. The molecule has 5 heterocycles. The van der Waals surface area contributed by atoms with Gasteiger partial charge >= 0.3 is 0 Å². The van der Waals surface area contributed by atoms with Crippen molar-refractivity contribution < 1.29 is 0 Å². The van der Waals surface area contributed by atoms with Crippen LogP contribution in [0.1, 0.15) is 26.3 Å². The summed E-state index contributed by atoms with van der Waals surface area (Å²) in [6.07, 6.45) is 0. The Labute approximate surface area is 535 Å². The van der Waals surface area contributed by atoms with Crippen molar-refractivity contribution in [2.75, 3.05) is 9.80 Å². The average molecular weight is 1180 g/mol. The Kier molecular flexibility index (Phi) is 13.0. The van der Waals surface area contributed by atoms with Gasteiger partial charge in [0.2, 0.25) is 0 Å². The van der Waals surface area contributed by atoms with Crippen molar-refractivity contribution in [1.29, 1.82) is 0 Å². The van der Waals surface area contributed by atoms with E-state index in [1.165, 1.54) is 38.7 Å². The van der Waals surface area contributed by atoms with Gasteiger partial charge in [-0.1, -0.05) is 227 Å². The zero-order chi connectivity index (χ0) is 61.4. The first kappa shape index (κ1) is 54.4. The molecule has 0 spiro atoms. The van der Waals surface area contributed by atoms with Crippen LogP contribution in [0.25, 0.3) is 107 Å². The number of hydrogen-bond acceptors (Lipinski definition) is 7. The summed E-state index contributed by atoms with van der Waals surface area (Å²) in [4.78, 5) is 31.9. The van der Waals surface area contributed by atoms with Gasteiger partial charge in [-0.25, -0.2) is 24.9 Å². The van der Waals surface area contributed by atoms with Gasteiger partial charge in [0, 0.05) is 78.3 Å². The summed E-state index contributed by atoms with van der Waals surface area (Å²) in [6.45, 7) is 6.82. The molecular weight excluding hydrogens is 1120 g/mol. The van der Waals surface area contributed by atoms with Crippen molar-refractivity contribution in [3.63, 3.8) is 0 Å². The maximum Gasteiger partial charge on any atom is 0.252 e. The van der Waals surface area contributed by atoms with E-state index in [0.717, 1.165) is 101 Å². The average Bonchev–Trinajstić information content (AvgIpc) is 0.884. The lowest BCUT2D eigenvalue weighted by Gasteiger charge is -2.44. The number of anilines is 6. The van der Waals surface area contributed by atoms with Crippen LogP contribution in [0.2, 0.25) is 0 Å². The minimum atomic E-state index is -0.0612. The third-order valence-corrected chi connectivity index (χ3v) is 18.2. The molecule has 9 heteroatoms. The SMILES string of the molecule is CC(C)(C)c1ccc2c(c1)c1ccccc1n2-c1ccc(-c2nc(-c3ccccc3)nc(-c3ccccc3)n2)cc1-c1nc(-c2ccccc2)cc(-c2cccc(-c3cc4c5c(c3)N(c3ccccc3)c3ccccc3B5c3ccccc3N4c3ccccc3)c2)n1. The molecule has 0 aliphatic carbocycles. The first-order valence-corrected chi connectivity index (χ1v) is 31.4. The number of rotatable bonds is 10. The molecular formula is C83H59BN8. The van der Waals surface area contributed by atoms with Gasteiger partial charge in [0.25, 0.3) is 6.71 Å². The predicted octanol–water partition coefficient (Wildman–Crippen LogP) is 18.8. The molecule has 0 radical (unpaired) electrons. The third-order valence-electron chi connectivity index (χ3n) is 18.2. The molecule has 0 saturated heterocycles. The van der Waals surface area contributed by atoms with E-state index in [9.17, 15) is 0 Å². The maximum atomic E-state index is 5.76. The Hall–Kier alpha value is -11.8. The monoisotopic (exact) mass is 1180 g/mol. The fourth-order valence-corrected chi connectivity index (χ4v) is 13.8. The molecule has 2 aliphatic rings. The summed E-state index contributed by atoms with van der Waals surface area (Å²) < 4.78 is 2.38. The zero-order valence-corrected chi connectivity index (χ0v) is 51.0. The highest BCUT2D eigenvalue weighted by atomic mass is 15.2. The van der Waals surface area contributed by atoms with Crippen molar-refractivity contribution >= 4 is 79.0 Å². The second-order valence-corrected chi connectivity index (χ2v) is 24.8. The molecule has 0 N–H and O–H groups in total. The van der Waals surface area contributed by atoms with Gasteiger partial charge < -0.3 is 14.4 Å². The molecule has 0 bridgehead atoms. The molecule has 2 aliphatic heterocycles. The quantitative estimate of drug-likeness (QED) is 0.126. The predicted molar refractivity (Wildman–Crippen MR) is 381 cm³/mol. The Bertz CT molecular complexity index is 5170. The lowest BCUT2D eigenvalue weighted by Crippen LogP contribution is -2.61. The van der Waals surface area contributed by atoms with Crippen molar-refractivity contribution in [3.8, 4) is 84.9 Å². The Morgan fingerprint density at radius 2 is 0.772 bits per heavy atom. The fourth-order valence-electron chi connectivity index (χ4n) is 13.8. The first-order chi connectivity index (χ1) is 45.3. The van der Waals surface area contributed by atoms with Crippen LogP contribution in [0, 0.1) is 0 Å². The van der Waals surface area contributed by atoms with E-state index in [0.29, 0.717) is 23.3 Å². The van der Waals surface area contributed by atoms with Gasteiger partial charge in [0.15, 0.2) is 23.3 Å². The van der Waals surface area contributed by atoms with Crippen LogP contribution in [0.15, 0.2) is 303 Å². The highest BCUT2D eigenvalue weighted by molar-refractivity contribution is 7.00. The highest BCUT2D eigenvalue weighted by Gasteiger charge is 2.43. The Morgan fingerprint density at radius 1 is 0.293 bits per heavy atom. The lowest BCUT2D eigenvalue weighted by atomic mass is 9.33. The lowest BCUT2D eigenvalue weighted by molar-refractivity contribution is 0.591. The summed E-state index contributed by atoms with van der Waals surface area (Å²) in [6, 6.07) is 108. The van der Waals surface area contributed by atoms with Crippen molar-refractivity contribution in [2.45, 2.75) is 26.2 Å². The van der Waals surface area contributed by atoms with Gasteiger partial charge in [-0.15, -0.1) is 0 Å². The molecule has 0 amide bonds. The molecule has 0 saturated carbocycles. The second-order valence-electron chi connectivity index (χ2n) is 24.8. The number of benzene rings is 12. The second kappa shape index (κ2) is 22.0. The van der Waals surface area contributed by atoms with Crippen molar-refractivity contribution in [2.24, 2.45) is 0 Å². The molecule has 0 fully saturated rings. The number of fused-ring (bicyclic) bond motifs is 7. The maximum absolute atomic E-state index is 5.76. The Balaban J connectivity index is 0.896. The first-order valence-electron chi connectivity index (χ1n) is 31.4. The number of aromatic nitrogens is 6. The van der Waals surface area contributed by atoms with Gasteiger partial charge in [-0.05, 0) is 136 Å². The molecule has 15 aromatic rings. The third kappa shape index (κ3) is 9.35. The summed E-state index contributed by atoms with van der Waals surface area (Å²) in [5.41, 5.74) is 23.9. The van der Waals surface area contributed by atoms with E-state index in [2.05, 4.69) is 278 Å². The van der Waals surface area contributed by atoms with Gasteiger partial charge in [-0.3, -0.25) is 0 Å². The van der Waals surface area contributed by atoms with Crippen LogP contribution in [0.4, 0.5) is 34.1 Å². The van der Waals surface area contributed by atoms with E-state index in [1.54, 1.807) is 0 Å². The van der Waals surface area contributed by atoms with Crippen molar-refractivity contribution in [3.05, 3.63) is 309 Å². The van der Waals surface area contributed by atoms with E-state index < -0.39 is 0 Å². The van der Waals surface area contributed by atoms with Crippen LogP contribution in [-0.2, 0) is 5.41 Å². The number of hydrogen-bond donors (Lipinski definition) is 0. The van der Waals surface area contributed by atoms with Crippen molar-refractivity contribution in [1.82, 2.24) is 29.5 Å². The molecule has 0 unspecified atom stereocenters. The van der Waals surface area contributed by atoms with Crippen LogP contribution in [-0.4, -0.2) is 36.2 Å². The molecule has 92 heavy (non-hydrogen) atoms. The minimum Gasteiger partial charge on any atom is -0.311 e. The van der Waals surface area contributed by atoms with E-state index in [-0.39, 0.29) is 12.1 Å². The van der Waals surface area contributed by atoms with Crippen LogP contribution in [0.3, 0.4) is 0 Å². The molecule has 12 aromatic carbocycles. The van der Waals surface area contributed by atoms with Gasteiger partial charge in [-0.2, -0.15) is 0 Å².